The van der Waals surface area contributed by atoms with Gasteiger partial charge in [0.15, 0.2) is 0 Å². The molecule has 0 spiro atoms. The van der Waals surface area contributed by atoms with Gasteiger partial charge in [0.05, 0.1) is 6.42 Å². The van der Waals surface area contributed by atoms with Crippen LogP contribution in [0, 0.1) is 11.3 Å². The molecular weight excluding hydrogens is 234 g/mol. The maximum atomic E-state index is 10.8. The van der Waals surface area contributed by atoms with Crippen LogP contribution in [-0.2, 0) is 4.79 Å². The van der Waals surface area contributed by atoms with E-state index in [1.807, 2.05) is 27.7 Å². The van der Waals surface area contributed by atoms with Crippen molar-refractivity contribution in [3.8, 4) is 0 Å². The molecule has 0 rings (SSSR count). The largest absolute Gasteiger partial charge is 0.481 e. The summed E-state index contributed by atoms with van der Waals surface area (Å²) in [4.78, 5) is 21.4. The van der Waals surface area contributed by atoms with Crippen LogP contribution in [0.4, 0.5) is 4.79 Å². The molecule has 0 bridgehead atoms. The summed E-state index contributed by atoms with van der Waals surface area (Å²) in [6.45, 7) is 7.79. The molecule has 0 aromatic heterocycles. The van der Waals surface area contributed by atoms with Gasteiger partial charge >= 0.3 is 12.0 Å². The van der Waals surface area contributed by atoms with Gasteiger partial charge in [-0.05, 0) is 24.2 Å². The second-order valence-corrected chi connectivity index (χ2v) is 5.66. The van der Waals surface area contributed by atoms with E-state index in [0.717, 1.165) is 5.71 Å². The molecule has 104 valence electrons. The summed E-state index contributed by atoms with van der Waals surface area (Å²) in [6.07, 6.45) is 1.27. The Morgan fingerprint density at radius 3 is 2.28 bits per heavy atom. The number of nitrogens with two attached hydrogens (primary N) is 1. The highest BCUT2D eigenvalue weighted by Gasteiger charge is 2.24. The molecule has 6 nitrogen and oxygen atoms in total. The lowest BCUT2D eigenvalue weighted by Gasteiger charge is -2.23. The zero-order chi connectivity index (χ0) is 14.3. The Balaban J connectivity index is 4.71. The number of carbonyl (C=O) groups excluding carboxylic acids is 1. The van der Waals surface area contributed by atoms with Gasteiger partial charge in [-0.25, -0.2) is 10.2 Å². The highest BCUT2D eigenvalue weighted by Crippen LogP contribution is 2.27. The number of hydrazone groups is 1. The van der Waals surface area contributed by atoms with Gasteiger partial charge in [-0.3, -0.25) is 4.79 Å². The minimum atomic E-state index is -0.841. The lowest BCUT2D eigenvalue weighted by molar-refractivity contribution is -0.139. The van der Waals surface area contributed by atoms with Crippen molar-refractivity contribution >= 4 is 17.7 Å². The zero-order valence-corrected chi connectivity index (χ0v) is 11.5. The lowest BCUT2D eigenvalue weighted by atomic mass is 9.82. The summed E-state index contributed by atoms with van der Waals surface area (Å²) < 4.78 is 0. The third-order valence-corrected chi connectivity index (χ3v) is 2.28. The number of aliphatic carboxylic acids is 1. The molecule has 2 amide bonds. The Kier molecular flexibility index (Phi) is 6.36. The summed E-state index contributed by atoms with van der Waals surface area (Å²) in [5, 5.41) is 12.8. The van der Waals surface area contributed by atoms with E-state index in [1.165, 1.54) is 0 Å². The number of amides is 2. The number of carbonyl (C=O) groups is 2. The van der Waals surface area contributed by atoms with Crippen LogP contribution in [-0.4, -0.2) is 22.8 Å². The fourth-order valence-corrected chi connectivity index (χ4v) is 1.79. The number of hydrogen-bond donors (Lipinski definition) is 3. The van der Waals surface area contributed by atoms with Gasteiger partial charge in [-0.15, -0.1) is 0 Å². The molecule has 0 heterocycles. The summed E-state index contributed by atoms with van der Waals surface area (Å²) >= 11 is 0. The first-order valence-corrected chi connectivity index (χ1v) is 5.95. The molecule has 0 aliphatic carbocycles. The van der Waals surface area contributed by atoms with E-state index >= 15 is 0 Å². The normalized spacial score (nSPS) is 12.6. The van der Waals surface area contributed by atoms with Gasteiger partial charge in [-0.2, -0.15) is 5.10 Å². The molecule has 6 heteroatoms. The number of rotatable bonds is 7. The topological polar surface area (TPSA) is 105 Å². The van der Waals surface area contributed by atoms with E-state index in [0.29, 0.717) is 18.8 Å². The van der Waals surface area contributed by atoms with E-state index < -0.39 is 17.4 Å². The Morgan fingerprint density at radius 1 is 1.33 bits per heavy atom. The van der Waals surface area contributed by atoms with Crippen LogP contribution in [0.25, 0.3) is 0 Å². The molecule has 4 N–H and O–H groups in total. The van der Waals surface area contributed by atoms with Crippen molar-refractivity contribution in [1.29, 1.82) is 0 Å². The summed E-state index contributed by atoms with van der Waals surface area (Å²) in [7, 11) is 0. The standard InChI is InChI=1S/C12H23N3O3/c1-8(2)5-9(14-15-11(13)18)6-12(3,4)7-10(16)17/h8H,5-7H2,1-4H3,(H,16,17)(H3,13,15,18). The van der Waals surface area contributed by atoms with Gasteiger partial charge in [0.25, 0.3) is 0 Å². The number of nitrogens with zero attached hydrogens (tertiary/aromatic N) is 1. The SMILES string of the molecule is CC(C)CC(CC(C)(C)CC(=O)O)=NNC(N)=O. The van der Waals surface area contributed by atoms with E-state index in [9.17, 15) is 9.59 Å². The first-order valence-electron chi connectivity index (χ1n) is 5.95. The van der Waals surface area contributed by atoms with Crippen LogP contribution in [0.5, 0.6) is 0 Å². The van der Waals surface area contributed by atoms with Gasteiger partial charge in [0.2, 0.25) is 0 Å². The van der Waals surface area contributed by atoms with Crippen molar-refractivity contribution < 1.29 is 14.7 Å². The monoisotopic (exact) mass is 257 g/mol. The quantitative estimate of drug-likeness (QED) is 0.479. The molecular formula is C12H23N3O3. The predicted octanol–water partition coefficient (Wildman–Crippen LogP) is 1.95. The van der Waals surface area contributed by atoms with Crippen LogP contribution in [0.15, 0.2) is 5.10 Å². The van der Waals surface area contributed by atoms with E-state index in [1.54, 1.807) is 0 Å². The maximum Gasteiger partial charge on any atom is 0.332 e. The zero-order valence-electron chi connectivity index (χ0n) is 11.5. The van der Waals surface area contributed by atoms with Crippen molar-refractivity contribution in [3.05, 3.63) is 0 Å². The summed E-state index contributed by atoms with van der Waals surface area (Å²) in [6, 6.07) is -0.715. The maximum absolute atomic E-state index is 10.8. The number of urea groups is 1. The van der Waals surface area contributed by atoms with E-state index in [2.05, 4.69) is 10.5 Å². The predicted molar refractivity (Wildman–Crippen MR) is 70.3 cm³/mol. The van der Waals surface area contributed by atoms with Crippen molar-refractivity contribution in [2.24, 2.45) is 22.2 Å². The number of nitrogens with one attached hydrogen (secondary N) is 1. The average molecular weight is 257 g/mol. The minimum Gasteiger partial charge on any atom is -0.481 e. The smallest absolute Gasteiger partial charge is 0.332 e. The molecule has 0 radical (unpaired) electrons. The molecule has 0 aliphatic rings. The minimum absolute atomic E-state index is 0.0562. The molecule has 0 saturated carbocycles. The Morgan fingerprint density at radius 2 is 1.89 bits per heavy atom. The number of carboxylic acid groups (broad SMARTS) is 1. The molecule has 0 unspecified atom stereocenters. The van der Waals surface area contributed by atoms with E-state index in [-0.39, 0.29) is 6.42 Å². The molecule has 0 aromatic rings. The third-order valence-electron chi connectivity index (χ3n) is 2.28. The second-order valence-electron chi connectivity index (χ2n) is 5.66. The first kappa shape index (κ1) is 16.4. The molecule has 0 atom stereocenters. The number of hydrogen-bond acceptors (Lipinski definition) is 3. The number of carboxylic acids is 1. The van der Waals surface area contributed by atoms with Crippen LogP contribution < -0.4 is 11.2 Å². The summed E-state index contributed by atoms with van der Waals surface area (Å²) in [5.41, 5.74) is 7.53. The van der Waals surface area contributed by atoms with Crippen molar-refractivity contribution in [2.75, 3.05) is 0 Å². The third kappa shape index (κ3) is 8.55. The lowest BCUT2D eigenvalue weighted by Crippen LogP contribution is -2.28. The van der Waals surface area contributed by atoms with Crippen molar-refractivity contribution in [1.82, 2.24) is 5.43 Å². The van der Waals surface area contributed by atoms with Gasteiger partial charge in [0, 0.05) is 5.71 Å². The summed E-state index contributed by atoms with van der Waals surface area (Å²) in [5.74, 6) is -0.467. The van der Waals surface area contributed by atoms with Crippen LogP contribution in [0.2, 0.25) is 0 Å². The highest BCUT2D eigenvalue weighted by atomic mass is 16.4. The average Bonchev–Trinajstić information content (AvgIpc) is 2.10. The van der Waals surface area contributed by atoms with Crippen LogP contribution >= 0.6 is 0 Å². The second kappa shape index (κ2) is 6.98. The Hall–Kier alpha value is -1.59. The first-order chi connectivity index (χ1) is 8.12. The van der Waals surface area contributed by atoms with Gasteiger partial charge in [-0.1, -0.05) is 27.7 Å². The van der Waals surface area contributed by atoms with Crippen LogP contribution in [0.1, 0.15) is 47.0 Å². The van der Waals surface area contributed by atoms with Crippen molar-refractivity contribution in [3.63, 3.8) is 0 Å². The Bertz CT molecular complexity index is 335. The molecule has 18 heavy (non-hydrogen) atoms. The number of primary amides is 1. The molecule has 0 fully saturated rings. The Labute approximate surface area is 108 Å². The molecule has 0 aromatic carbocycles. The fraction of sp³-hybridized carbons (Fsp3) is 0.750. The van der Waals surface area contributed by atoms with Crippen molar-refractivity contribution in [2.45, 2.75) is 47.0 Å². The molecule has 0 aliphatic heterocycles. The van der Waals surface area contributed by atoms with Gasteiger partial charge < -0.3 is 10.8 Å². The van der Waals surface area contributed by atoms with E-state index in [4.69, 9.17) is 10.8 Å². The highest BCUT2D eigenvalue weighted by molar-refractivity contribution is 5.87. The van der Waals surface area contributed by atoms with Crippen LogP contribution in [0.3, 0.4) is 0 Å². The molecule has 0 saturated heterocycles. The van der Waals surface area contributed by atoms with Gasteiger partial charge in [0.1, 0.15) is 0 Å². The fourth-order valence-electron chi connectivity index (χ4n) is 1.79.